The highest BCUT2D eigenvalue weighted by Crippen LogP contribution is 2.37. The molecule has 5 fully saturated rings. The van der Waals surface area contributed by atoms with Crippen LogP contribution in [0.3, 0.4) is 0 Å². The van der Waals surface area contributed by atoms with Crippen LogP contribution in [-0.2, 0) is 61.7 Å². The topological polar surface area (TPSA) is 416 Å². The average Bonchev–Trinajstić information content (AvgIpc) is 3.24. The number of aliphatic hydroxyl groups excluding tert-OH is 12. The van der Waals surface area contributed by atoms with Crippen LogP contribution in [0.15, 0.2) is 0 Å². The fourth-order valence-electron chi connectivity index (χ4n) is 7.81. The third-order valence-corrected chi connectivity index (χ3v) is 11.3. The van der Waals surface area contributed by atoms with Crippen molar-refractivity contribution < 1.29 is 123 Å². The molecule has 1 amide bonds. The van der Waals surface area contributed by atoms with Crippen LogP contribution in [0.1, 0.15) is 27.7 Å². The number of carbonyl (C=O) groups is 2. The molecule has 0 saturated carbocycles. The van der Waals surface area contributed by atoms with E-state index in [0.29, 0.717) is 0 Å². The minimum atomic E-state index is -2.16. The summed E-state index contributed by atoms with van der Waals surface area (Å²) in [6, 6.07) is -1.62. The Morgan fingerprint density at radius 3 is 1.60 bits per heavy atom. The minimum absolute atomic E-state index is 0.00192. The van der Waals surface area contributed by atoms with E-state index in [0.717, 1.165) is 13.8 Å². The first-order valence-corrected chi connectivity index (χ1v) is 20.4. The molecule has 27 heteroatoms. The number of hydrogen-bond acceptors (Lipinski definition) is 26. The standard InChI is InChI=1S/C36H62N2O25/c1-10-18(43)23(48)26(51)34(55-10)63-30-27(52)35(62-29-19(44)11(2)56-36(53-6-5-37)31(29)57-13(4)42)60-16(9-54-33-25(50)24(49)21(46)15(8-40)59-33)28(30)61-32-17(38-12(3)41)22(47)20(45)14(7-39)58-32/h10-11,14-36,39-40,43-52H,5-9,37H2,1-4H3,(H,38,41)/t10-,11-,14+,15+,16+,17+,18-,19-,20+,21+,22+,23+,24-,25+,26+,27+,28+,29+,30+,31+,32-,33+,34-,35+,36+/m0/s1. The Morgan fingerprint density at radius 2 is 1.02 bits per heavy atom. The van der Waals surface area contributed by atoms with Gasteiger partial charge in [0.05, 0.1) is 38.6 Å². The molecule has 63 heavy (non-hydrogen) atoms. The number of hydrogen-bond donors (Lipinski definition) is 14. The molecule has 366 valence electrons. The van der Waals surface area contributed by atoms with Crippen molar-refractivity contribution in [3.8, 4) is 0 Å². The summed E-state index contributed by atoms with van der Waals surface area (Å²) in [6.45, 7) is 2.18. The average molecular weight is 923 g/mol. The summed E-state index contributed by atoms with van der Waals surface area (Å²) >= 11 is 0. The molecule has 5 saturated heterocycles. The van der Waals surface area contributed by atoms with Crippen molar-refractivity contribution >= 4 is 11.9 Å². The Kier molecular flexibility index (Phi) is 18.7. The highest BCUT2D eigenvalue weighted by Gasteiger charge is 2.57. The molecule has 15 N–H and O–H groups in total. The molecule has 0 aromatic carbocycles. The van der Waals surface area contributed by atoms with Gasteiger partial charge in [-0.25, -0.2) is 0 Å². The van der Waals surface area contributed by atoms with E-state index in [-0.39, 0.29) is 13.2 Å². The lowest BCUT2D eigenvalue weighted by atomic mass is 9.94. The molecule has 25 atom stereocenters. The van der Waals surface area contributed by atoms with Crippen molar-refractivity contribution in [2.45, 2.75) is 181 Å². The number of aliphatic hydroxyl groups is 12. The van der Waals surface area contributed by atoms with Gasteiger partial charge >= 0.3 is 5.97 Å². The van der Waals surface area contributed by atoms with E-state index in [9.17, 15) is 70.9 Å². The first kappa shape index (κ1) is 52.0. The first-order chi connectivity index (χ1) is 29.7. The highest BCUT2D eigenvalue weighted by molar-refractivity contribution is 5.73. The van der Waals surface area contributed by atoms with Crippen molar-refractivity contribution in [1.29, 1.82) is 0 Å². The Morgan fingerprint density at radius 1 is 0.524 bits per heavy atom. The van der Waals surface area contributed by atoms with Crippen molar-refractivity contribution in [2.75, 3.05) is 33.0 Å². The molecular weight excluding hydrogens is 860 g/mol. The van der Waals surface area contributed by atoms with Crippen LogP contribution >= 0.6 is 0 Å². The van der Waals surface area contributed by atoms with E-state index in [1.54, 1.807) is 0 Å². The molecule has 0 unspecified atom stereocenters. The lowest BCUT2D eigenvalue weighted by molar-refractivity contribution is -0.398. The number of nitrogens with one attached hydrogen (secondary N) is 1. The van der Waals surface area contributed by atoms with Gasteiger partial charge in [-0.1, -0.05) is 0 Å². The summed E-state index contributed by atoms with van der Waals surface area (Å²) in [5, 5.41) is 131. The summed E-state index contributed by atoms with van der Waals surface area (Å²) in [5.41, 5.74) is 5.61. The van der Waals surface area contributed by atoms with Crippen molar-refractivity contribution in [1.82, 2.24) is 5.32 Å². The smallest absolute Gasteiger partial charge is 0.303 e. The second-order valence-corrected chi connectivity index (χ2v) is 15.9. The molecule has 5 aliphatic rings. The van der Waals surface area contributed by atoms with E-state index in [4.69, 9.17) is 57.8 Å². The molecule has 5 rings (SSSR count). The van der Waals surface area contributed by atoms with Crippen LogP contribution in [0, 0.1) is 0 Å². The van der Waals surface area contributed by atoms with E-state index in [1.165, 1.54) is 13.8 Å². The second-order valence-electron chi connectivity index (χ2n) is 15.9. The molecule has 0 aromatic rings. The Bertz CT molecular complexity index is 1460. The number of rotatable bonds is 16. The zero-order chi connectivity index (χ0) is 46.6. The maximum absolute atomic E-state index is 12.3. The number of ether oxygens (including phenoxy) is 11. The molecular formula is C36H62N2O25. The summed E-state index contributed by atoms with van der Waals surface area (Å²) in [7, 11) is 0. The quantitative estimate of drug-likeness (QED) is 0.0639. The fourth-order valence-corrected chi connectivity index (χ4v) is 7.81. The van der Waals surface area contributed by atoms with E-state index >= 15 is 0 Å². The Balaban J connectivity index is 1.59. The van der Waals surface area contributed by atoms with Gasteiger partial charge in [0.15, 0.2) is 37.6 Å². The van der Waals surface area contributed by atoms with Crippen molar-refractivity contribution in [2.24, 2.45) is 5.73 Å². The van der Waals surface area contributed by atoms with Gasteiger partial charge in [-0.2, -0.15) is 0 Å². The van der Waals surface area contributed by atoms with Crippen molar-refractivity contribution in [3.05, 3.63) is 0 Å². The number of carbonyl (C=O) groups excluding carboxylic acids is 2. The van der Waals surface area contributed by atoms with Gasteiger partial charge in [0.1, 0.15) is 104 Å². The highest BCUT2D eigenvalue weighted by atomic mass is 16.8. The molecule has 0 aliphatic carbocycles. The fraction of sp³-hybridized carbons (Fsp3) is 0.944. The largest absolute Gasteiger partial charge is 0.454 e. The normalized spacial score (nSPS) is 48.4. The van der Waals surface area contributed by atoms with Gasteiger partial charge in [0.25, 0.3) is 0 Å². The second kappa shape index (κ2) is 22.7. The van der Waals surface area contributed by atoms with Gasteiger partial charge in [0, 0.05) is 20.4 Å². The molecule has 0 radical (unpaired) electrons. The van der Waals surface area contributed by atoms with E-state index < -0.39 is 185 Å². The zero-order valence-corrected chi connectivity index (χ0v) is 34.7. The van der Waals surface area contributed by atoms with Crippen LogP contribution in [0.2, 0.25) is 0 Å². The molecule has 5 heterocycles. The van der Waals surface area contributed by atoms with Crippen LogP contribution in [0.5, 0.6) is 0 Å². The molecule has 27 nitrogen and oxygen atoms in total. The molecule has 5 aliphatic heterocycles. The number of amides is 1. The van der Waals surface area contributed by atoms with Crippen LogP contribution < -0.4 is 11.1 Å². The van der Waals surface area contributed by atoms with Gasteiger partial charge in [-0.15, -0.1) is 0 Å². The number of nitrogens with two attached hydrogens (primary N) is 1. The monoisotopic (exact) mass is 922 g/mol. The Labute approximate surface area is 359 Å². The third-order valence-electron chi connectivity index (χ3n) is 11.3. The minimum Gasteiger partial charge on any atom is -0.454 e. The summed E-state index contributed by atoms with van der Waals surface area (Å²) in [4.78, 5) is 24.7. The maximum Gasteiger partial charge on any atom is 0.303 e. The maximum atomic E-state index is 12.3. The van der Waals surface area contributed by atoms with Crippen LogP contribution in [0.25, 0.3) is 0 Å². The third kappa shape index (κ3) is 11.8. The zero-order valence-electron chi connectivity index (χ0n) is 34.7. The SMILES string of the molecule is CC(=O)N[C@H]1[C@H](O[C@H]2[C@H](O[C@@H]3O[C@@H](C)[C@H](O)[C@@H](O)[C@H]3O)[C@@H](O)[C@@H](O[C@@H]3[C@@H](O)[C@H](C)O[C@@H](OCCN)[C@@H]3OC(C)=O)O[C@@H]2CO[C@@H]2O[C@H](CO)[C@@H](O)[C@H](O)[C@H]2O)O[C@H](CO)[C@@H](O)[C@@H]1O. The van der Waals surface area contributed by atoms with Gasteiger partial charge in [-0.3, -0.25) is 9.59 Å². The van der Waals surface area contributed by atoms with Crippen LogP contribution in [0.4, 0.5) is 0 Å². The molecule has 0 aromatic heterocycles. The molecule has 0 bridgehead atoms. The molecule has 0 spiro atoms. The van der Waals surface area contributed by atoms with Gasteiger partial charge in [0.2, 0.25) is 5.91 Å². The van der Waals surface area contributed by atoms with Crippen LogP contribution in [-0.4, -0.2) is 260 Å². The van der Waals surface area contributed by atoms with Gasteiger partial charge < -0.3 is 124 Å². The number of esters is 1. The lowest BCUT2D eigenvalue weighted by Crippen LogP contribution is -2.70. The lowest BCUT2D eigenvalue weighted by Gasteiger charge is -2.51. The van der Waals surface area contributed by atoms with Crippen molar-refractivity contribution in [3.63, 3.8) is 0 Å². The first-order valence-electron chi connectivity index (χ1n) is 20.4. The van der Waals surface area contributed by atoms with E-state index in [1.807, 2.05) is 0 Å². The predicted molar refractivity (Wildman–Crippen MR) is 198 cm³/mol. The summed E-state index contributed by atoms with van der Waals surface area (Å²) < 4.78 is 64.4. The summed E-state index contributed by atoms with van der Waals surface area (Å²) in [6.07, 6.45) is -41.7. The summed E-state index contributed by atoms with van der Waals surface area (Å²) in [5.74, 6) is -1.63. The predicted octanol–water partition coefficient (Wildman–Crippen LogP) is -9.17. The van der Waals surface area contributed by atoms with Gasteiger partial charge in [-0.05, 0) is 13.8 Å². The van der Waals surface area contributed by atoms with E-state index in [2.05, 4.69) is 5.32 Å². The Hall–Kier alpha value is -1.98.